The van der Waals surface area contributed by atoms with E-state index in [9.17, 15) is 9.59 Å². The van der Waals surface area contributed by atoms with Gasteiger partial charge in [0.1, 0.15) is 23.4 Å². The van der Waals surface area contributed by atoms with Gasteiger partial charge in [0, 0.05) is 27.4 Å². The van der Waals surface area contributed by atoms with Crippen LogP contribution in [0.15, 0.2) is 61.3 Å². The average molecular weight is 688 g/mol. The molecule has 5 heterocycles. The molecule has 9 nitrogen and oxygen atoms in total. The Morgan fingerprint density at radius 3 is 2.75 bits per heavy atom. The second-order valence-electron chi connectivity index (χ2n) is 12.6. The molecule has 0 saturated carbocycles. The third-order valence-electron chi connectivity index (χ3n) is 9.02. The van der Waals surface area contributed by atoms with Gasteiger partial charge in [0.2, 0.25) is 12.1 Å². The second kappa shape index (κ2) is 12.4. The number of ether oxygens (including phenoxy) is 2. The SMILES string of the molecule is C=C(C)c1ccc(C2Oc3cc(-c4cnc(C5CCCN5C(=O)C(NC(=O)OC)C(C)C)[nH]4)cc(F)c3-c3cc4cc(Cl)ccc4n32)s1. The molecule has 3 unspecified atom stereocenters. The molecule has 7 rings (SSSR count). The number of alkyl carbamates (subject to hydrolysis) is 1. The Morgan fingerprint density at radius 1 is 1.21 bits per heavy atom. The number of thiophene rings is 1. The number of H-pyrrole nitrogens is 1. The summed E-state index contributed by atoms with van der Waals surface area (Å²) < 4.78 is 29.7. The average Bonchev–Trinajstić information content (AvgIpc) is 3.87. The first kappa shape index (κ1) is 32.0. The second-order valence-corrected chi connectivity index (χ2v) is 14.2. The molecule has 0 bridgehead atoms. The number of nitrogens with zero attached hydrogens (tertiary/aromatic N) is 3. The predicted octanol–water partition coefficient (Wildman–Crippen LogP) is 8.57. The molecule has 3 atom stereocenters. The standard InChI is InChI=1S/C36H35ClFN5O4S/c1-18(2)29-10-11-30(48-29)35-43-25-9-8-22(37)13-21(25)15-27(43)31-23(38)14-20(16-28(31)47-35)24-17-39-33(40-24)26-7-6-12-42(26)34(44)32(19(3)4)41-36(45)46-5/h8-11,13-17,19,26,32,35H,1,6-7,12H2,2-5H3,(H,39,40)(H,41,45). The number of rotatable bonds is 7. The van der Waals surface area contributed by atoms with Gasteiger partial charge >= 0.3 is 6.09 Å². The van der Waals surface area contributed by atoms with Crippen LogP contribution in [0.1, 0.15) is 61.5 Å². The van der Waals surface area contributed by atoms with Crippen LogP contribution in [0.2, 0.25) is 5.02 Å². The summed E-state index contributed by atoms with van der Waals surface area (Å²) in [6.45, 7) is 10.3. The number of aromatic nitrogens is 3. The van der Waals surface area contributed by atoms with E-state index in [4.69, 9.17) is 21.1 Å². The fourth-order valence-electron chi connectivity index (χ4n) is 6.65. The molecule has 2 amide bonds. The normalized spacial score (nSPS) is 17.6. The fourth-order valence-corrected chi connectivity index (χ4v) is 7.78. The Hall–Kier alpha value is -4.61. The molecule has 2 N–H and O–H groups in total. The predicted molar refractivity (Wildman–Crippen MR) is 186 cm³/mol. The van der Waals surface area contributed by atoms with Gasteiger partial charge < -0.3 is 24.7 Å². The minimum Gasteiger partial charge on any atom is -0.464 e. The number of methoxy groups -OCH3 is 1. The zero-order valence-electron chi connectivity index (χ0n) is 27.0. The minimum atomic E-state index is -0.742. The summed E-state index contributed by atoms with van der Waals surface area (Å²) in [5.74, 6) is 0.215. The Bertz CT molecular complexity index is 2080. The van der Waals surface area contributed by atoms with Crippen LogP contribution in [0.3, 0.4) is 0 Å². The zero-order valence-corrected chi connectivity index (χ0v) is 28.5. The monoisotopic (exact) mass is 687 g/mol. The summed E-state index contributed by atoms with van der Waals surface area (Å²) in [6.07, 6.45) is 1.94. The molecule has 2 aliphatic heterocycles. The molecule has 5 aromatic rings. The summed E-state index contributed by atoms with van der Waals surface area (Å²) in [5, 5.41) is 4.15. The largest absolute Gasteiger partial charge is 0.464 e. The molecular weight excluding hydrogens is 653 g/mol. The fraction of sp³-hybridized carbons (Fsp3) is 0.306. The summed E-state index contributed by atoms with van der Waals surface area (Å²) in [5.41, 5.74) is 4.06. The van der Waals surface area contributed by atoms with Gasteiger partial charge in [-0.25, -0.2) is 14.2 Å². The van der Waals surface area contributed by atoms with Crippen molar-refractivity contribution in [3.63, 3.8) is 0 Å². The molecule has 1 saturated heterocycles. The summed E-state index contributed by atoms with van der Waals surface area (Å²) in [4.78, 5) is 37.3. The lowest BCUT2D eigenvalue weighted by molar-refractivity contribution is -0.135. The number of allylic oxidation sites excluding steroid dienone is 1. The van der Waals surface area contributed by atoms with E-state index in [1.807, 2.05) is 67.8 Å². The van der Waals surface area contributed by atoms with Crippen LogP contribution >= 0.6 is 22.9 Å². The van der Waals surface area contributed by atoms with Crippen molar-refractivity contribution in [1.82, 2.24) is 24.8 Å². The quantitative estimate of drug-likeness (QED) is 0.179. The molecule has 2 aliphatic rings. The summed E-state index contributed by atoms with van der Waals surface area (Å²) >= 11 is 7.94. The highest BCUT2D eigenvalue weighted by atomic mass is 35.5. The van der Waals surface area contributed by atoms with Crippen molar-refractivity contribution < 1.29 is 23.5 Å². The lowest BCUT2D eigenvalue weighted by Crippen LogP contribution is -2.51. The van der Waals surface area contributed by atoms with E-state index in [2.05, 4.69) is 21.9 Å². The number of amides is 2. The van der Waals surface area contributed by atoms with Crippen LogP contribution in [0.4, 0.5) is 9.18 Å². The lowest BCUT2D eigenvalue weighted by Gasteiger charge is -2.30. The number of hydrogen-bond acceptors (Lipinski definition) is 6. The number of carbonyl (C=O) groups is 2. The number of aromatic amines is 1. The van der Waals surface area contributed by atoms with Crippen molar-refractivity contribution in [2.75, 3.05) is 13.7 Å². The zero-order chi connectivity index (χ0) is 33.9. The number of benzene rings is 2. The van der Waals surface area contributed by atoms with E-state index >= 15 is 4.39 Å². The maximum Gasteiger partial charge on any atom is 0.407 e. The third kappa shape index (κ3) is 5.54. The first-order valence-corrected chi connectivity index (χ1v) is 17.0. The van der Waals surface area contributed by atoms with Crippen molar-refractivity contribution >= 4 is 51.4 Å². The van der Waals surface area contributed by atoms with E-state index in [0.29, 0.717) is 52.1 Å². The van der Waals surface area contributed by atoms with Gasteiger partial charge in [0.25, 0.3) is 0 Å². The van der Waals surface area contributed by atoms with E-state index in [1.165, 1.54) is 13.2 Å². The Balaban J connectivity index is 1.25. The Labute approximate surface area is 286 Å². The number of likely N-dealkylation sites (tertiary alicyclic amines) is 1. The Morgan fingerprint density at radius 2 is 2.02 bits per heavy atom. The van der Waals surface area contributed by atoms with Gasteiger partial charge in [-0.3, -0.25) is 9.36 Å². The lowest BCUT2D eigenvalue weighted by atomic mass is 10.0. The van der Waals surface area contributed by atoms with Gasteiger partial charge in [-0.2, -0.15) is 0 Å². The maximum absolute atomic E-state index is 16.3. The molecule has 0 radical (unpaired) electrons. The molecule has 3 aromatic heterocycles. The summed E-state index contributed by atoms with van der Waals surface area (Å²) in [7, 11) is 1.27. The summed E-state index contributed by atoms with van der Waals surface area (Å²) in [6, 6.07) is 13.9. The van der Waals surface area contributed by atoms with Gasteiger partial charge in [-0.1, -0.05) is 32.0 Å². The number of nitrogens with one attached hydrogen (secondary N) is 2. The van der Waals surface area contributed by atoms with Crippen molar-refractivity contribution in [2.45, 2.75) is 51.9 Å². The molecule has 2 aromatic carbocycles. The maximum atomic E-state index is 16.3. The van der Waals surface area contributed by atoms with Crippen LogP contribution in [-0.4, -0.2) is 51.1 Å². The Kier molecular flexibility index (Phi) is 8.29. The van der Waals surface area contributed by atoms with Crippen LogP contribution in [0.5, 0.6) is 5.75 Å². The number of halogens is 2. The molecule has 0 spiro atoms. The number of carbonyl (C=O) groups excluding carboxylic acids is 2. The number of hydrogen-bond donors (Lipinski definition) is 2. The van der Waals surface area contributed by atoms with Crippen LogP contribution < -0.4 is 10.1 Å². The van der Waals surface area contributed by atoms with Crippen LogP contribution in [0.25, 0.3) is 39.0 Å². The van der Waals surface area contributed by atoms with E-state index in [0.717, 1.165) is 32.7 Å². The third-order valence-corrected chi connectivity index (χ3v) is 10.5. The highest BCUT2D eigenvalue weighted by Gasteiger charge is 2.38. The van der Waals surface area contributed by atoms with Crippen LogP contribution in [0, 0.1) is 11.7 Å². The molecule has 0 aliphatic carbocycles. The van der Waals surface area contributed by atoms with Crippen molar-refractivity contribution in [3.8, 4) is 28.3 Å². The van der Waals surface area contributed by atoms with E-state index < -0.39 is 24.2 Å². The van der Waals surface area contributed by atoms with E-state index in [1.54, 1.807) is 22.4 Å². The highest BCUT2D eigenvalue weighted by Crippen LogP contribution is 2.48. The van der Waals surface area contributed by atoms with Gasteiger partial charge in [0.15, 0.2) is 0 Å². The van der Waals surface area contributed by atoms with Crippen molar-refractivity contribution in [1.29, 1.82) is 0 Å². The minimum absolute atomic E-state index is 0.149. The molecular formula is C36H35ClFN5O4S. The first-order chi connectivity index (χ1) is 23.0. The van der Waals surface area contributed by atoms with Crippen LogP contribution in [-0.2, 0) is 9.53 Å². The molecule has 248 valence electrons. The van der Waals surface area contributed by atoms with Crippen molar-refractivity contribution in [2.24, 2.45) is 5.92 Å². The van der Waals surface area contributed by atoms with Crippen molar-refractivity contribution in [3.05, 3.63) is 87.7 Å². The number of fused-ring (bicyclic) bond motifs is 5. The first-order valence-electron chi connectivity index (χ1n) is 15.8. The molecule has 1 fully saturated rings. The number of imidazole rings is 1. The van der Waals surface area contributed by atoms with E-state index in [-0.39, 0.29) is 17.9 Å². The molecule has 48 heavy (non-hydrogen) atoms. The van der Waals surface area contributed by atoms with Gasteiger partial charge in [-0.15, -0.1) is 11.3 Å². The topological polar surface area (TPSA) is 101 Å². The smallest absolute Gasteiger partial charge is 0.407 e. The van der Waals surface area contributed by atoms with Gasteiger partial charge in [0.05, 0.1) is 46.7 Å². The highest BCUT2D eigenvalue weighted by molar-refractivity contribution is 7.13. The molecule has 12 heteroatoms. The van der Waals surface area contributed by atoms with Gasteiger partial charge in [-0.05, 0) is 79.8 Å².